The molecule has 10 rings (SSSR count). The fourth-order valence-electron chi connectivity index (χ4n) is 7.36. The zero-order valence-corrected chi connectivity index (χ0v) is 26.8. The minimum Gasteiger partial charge on any atom is -0.359 e. The molecule has 1 N–H and O–H groups in total. The van der Waals surface area contributed by atoms with Crippen molar-refractivity contribution in [3.63, 3.8) is 0 Å². The van der Waals surface area contributed by atoms with Crippen molar-refractivity contribution in [1.29, 1.82) is 0 Å². The molecule has 4 heteroatoms. The van der Waals surface area contributed by atoms with Gasteiger partial charge in [0.15, 0.2) is 0 Å². The molecule has 3 nitrogen and oxygen atoms in total. The first kappa shape index (κ1) is 27.2. The van der Waals surface area contributed by atoms with Gasteiger partial charge in [-0.25, -0.2) is 0 Å². The zero-order valence-electron chi connectivity index (χ0n) is 26.0. The van der Waals surface area contributed by atoms with Gasteiger partial charge in [-0.3, -0.25) is 4.99 Å². The van der Waals surface area contributed by atoms with Crippen LogP contribution in [0.15, 0.2) is 169 Å². The lowest BCUT2D eigenvalue weighted by molar-refractivity contribution is 0.670. The van der Waals surface area contributed by atoms with Crippen molar-refractivity contribution in [1.82, 2.24) is 9.88 Å². The molecule has 0 radical (unpaired) electrons. The monoisotopic (exact) mass is 631 g/mol. The van der Waals surface area contributed by atoms with Crippen molar-refractivity contribution in [2.45, 2.75) is 6.17 Å². The van der Waals surface area contributed by atoms with Crippen LogP contribution in [0.25, 0.3) is 64.1 Å². The molecule has 0 bridgehead atoms. The fraction of sp³-hybridized carbons (Fsp3) is 0.0227. The maximum Gasteiger partial charge on any atom is 0.146 e. The first-order chi connectivity index (χ1) is 23.8. The maximum atomic E-state index is 5.42. The Morgan fingerprint density at radius 3 is 2.12 bits per heavy atom. The van der Waals surface area contributed by atoms with E-state index in [-0.39, 0.29) is 6.17 Å². The molecule has 7 aromatic carbocycles. The number of fused-ring (bicyclic) bond motifs is 8. The highest BCUT2D eigenvalue weighted by Gasteiger charge is 2.24. The minimum atomic E-state index is -0.251. The number of aliphatic imine (C=N–C) groups is 1. The number of benzene rings is 7. The molecule has 3 heterocycles. The molecule has 48 heavy (non-hydrogen) atoms. The Bertz CT molecular complexity index is 2750. The summed E-state index contributed by atoms with van der Waals surface area (Å²) in [5.74, 6) is 0. The number of para-hydroxylation sites is 2. The molecule has 1 atom stereocenters. The van der Waals surface area contributed by atoms with Crippen LogP contribution in [0.2, 0.25) is 0 Å². The Hall–Kier alpha value is -5.97. The van der Waals surface area contributed by atoms with Crippen LogP contribution in [0.1, 0.15) is 22.9 Å². The summed E-state index contributed by atoms with van der Waals surface area (Å²) in [4.78, 5) is 5.42. The van der Waals surface area contributed by atoms with Crippen LogP contribution in [0.4, 0.5) is 0 Å². The average Bonchev–Trinajstić information content (AvgIpc) is 3.71. The van der Waals surface area contributed by atoms with Gasteiger partial charge in [-0.2, -0.15) is 0 Å². The number of nitrogens with zero attached hydrogens (tertiary/aromatic N) is 2. The molecule has 1 aliphatic rings. The van der Waals surface area contributed by atoms with Gasteiger partial charge in [-0.05, 0) is 46.7 Å². The van der Waals surface area contributed by atoms with Gasteiger partial charge < -0.3 is 9.88 Å². The second-order valence-corrected chi connectivity index (χ2v) is 13.4. The van der Waals surface area contributed by atoms with Gasteiger partial charge in [0.05, 0.1) is 21.4 Å². The first-order valence-electron chi connectivity index (χ1n) is 16.3. The molecular weight excluding hydrogens is 603 g/mol. The standard InChI is InChI=1S/C44H29N3S/c1-3-13-29(14-4-1)38-27-39(31-23-22-28-12-7-8-15-30(28)26-31)46-44(45-38)37-20-11-19-35-36-25-24-34-33-18-9-10-21-40(33)47(32-16-5-2-6-17-32)41(34)43(36)48-42(35)37/h1-27,44-45H. The Morgan fingerprint density at radius 2 is 1.25 bits per heavy atom. The highest BCUT2D eigenvalue weighted by molar-refractivity contribution is 7.26. The number of rotatable bonds is 4. The van der Waals surface area contributed by atoms with Crippen molar-refractivity contribution < 1.29 is 0 Å². The number of allylic oxidation sites excluding steroid dienone is 1. The van der Waals surface area contributed by atoms with E-state index in [0.29, 0.717) is 0 Å². The van der Waals surface area contributed by atoms with E-state index in [2.05, 4.69) is 174 Å². The quantitative estimate of drug-likeness (QED) is 0.206. The summed E-state index contributed by atoms with van der Waals surface area (Å²) in [6, 6.07) is 56.6. The van der Waals surface area contributed by atoms with Gasteiger partial charge in [-0.15, -0.1) is 11.3 Å². The molecule has 9 aromatic rings. The second-order valence-electron chi connectivity index (χ2n) is 12.4. The van der Waals surface area contributed by atoms with Crippen LogP contribution in [-0.4, -0.2) is 10.3 Å². The summed E-state index contributed by atoms with van der Waals surface area (Å²) in [7, 11) is 0. The summed E-state index contributed by atoms with van der Waals surface area (Å²) in [6.45, 7) is 0. The van der Waals surface area contributed by atoms with Crippen molar-refractivity contribution >= 4 is 75.5 Å². The molecule has 0 fully saturated rings. The van der Waals surface area contributed by atoms with E-state index in [1.165, 1.54) is 64.0 Å². The van der Waals surface area contributed by atoms with Gasteiger partial charge in [0.1, 0.15) is 6.17 Å². The lowest BCUT2D eigenvalue weighted by Gasteiger charge is -2.25. The fourth-order valence-corrected chi connectivity index (χ4v) is 8.73. The smallest absolute Gasteiger partial charge is 0.146 e. The van der Waals surface area contributed by atoms with E-state index < -0.39 is 0 Å². The summed E-state index contributed by atoms with van der Waals surface area (Å²) >= 11 is 1.88. The summed E-state index contributed by atoms with van der Waals surface area (Å²) in [5, 5.41) is 11.4. The van der Waals surface area contributed by atoms with Crippen LogP contribution < -0.4 is 5.32 Å². The zero-order chi connectivity index (χ0) is 31.6. The molecule has 0 aliphatic carbocycles. The lowest BCUT2D eigenvalue weighted by atomic mass is 9.99. The van der Waals surface area contributed by atoms with Crippen LogP contribution in [0.5, 0.6) is 0 Å². The third kappa shape index (κ3) is 4.23. The largest absolute Gasteiger partial charge is 0.359 e. The third-order valence-electron chi connectivity index (χ3n) is 9.61. The molecule has 0 saturated carbocycles. The van der Waals surface area contributed by atoms with E-state index in [0.717, 1.165) is 22.5 Å². The molecule has 0 saturated heterocycles. The second kappa shape index (κ2) is 10.8. The van der Waals surface area contributed by atoms with E-state index in [1.807, 2.05) is 11.3 Å². The predicted molar refractivity (Wildman–Crippen MR) is 204 cm³/mol. The van der Waals surface area contributed by atoms with Crippen LogP contribution in [0, 0.1) is 0 Å². The summed E-state index contributed by atoms with van der Waals surface area (Å²) in [5.41, 5.74) is 9.15. The first-order valence-corrected chi connectivity index (χ1v) is 17.2. The Morgan fingerprint density at radius 1 is 0.542 bits per heavy atom. The molecule has 0 spiro atoms. The predicted octanol–water partition coefficient (Wildman–Crippen LogP) is 11.4. The van der Waals surface area contributed by atoms with Gasteiger partial charge in [0.25, 0.3) is 0 Å². The van der Waals surface area contributed by atoms with Gasteiger partial charge in [-0.1, -0.05) is 133 Å². The number of nitrogens with one attached hydrogen (secondary N) is 1. The van der Waals surface area contributed by atoms with Crippen LogP contribution in [0.3, 0.4) is 0 Å². The van der Waals surface area contributed by atoms with Gasteiger partial charge >= 0.3 is 0 Å². The van der Waals surface area contributed by atoms with E-state index in [1.54, 1.807) is 0 Å². The maximum absolute atomic E-state index is 5.42. The van der Waals surface area contributed by atoms with Crippen molar-refractivity contribution in [3.8, 4) is 5.69 Å². The number of hydrogen-bond acceptors (Lipinski definition) is 3. The molecule has 0 amide bonds. The SMILES string of the molecule is C1=C(c2ccccc2)NC(c2cccc3c2sc2c3ccc3c4ccccc4n(-c4ccccc4)c32)N=C1c1ccc2ccccc2c1. The average molecular weight is 632 g/mol. The molecule has 2 aromatic heterocycles. The molecule has 1 unspecified atom stereocenters. The Kier molecular flexibility index (Phi) is 6.11. The topological polar surface area (TPSA) is 29.3 Å². The van der Waals surface area contributed by atoms with Crippen molar-refractivity contribution in [3.05, 3.63) is 180 Å². The van der Waals surface area contributed by atoms with E-state index in [4.69, 9.17) is 4.99 Å². The third-order valence-corrected chi connectivity index (χ3v) is 10.9. The normalized spacial score (nSPS) is 14.9. The molecule has 226 valence electrons. The lowest BCUT2D eigenvalue weighted by Crippen LogP contribution is -2.24. The highest BCUT2D eigenvalue weighted by atomic mass is 32.1. The summed E-state index contributed by atoms with van der Waals surface area (Å²) < 4.78 is 4.99. The van der Waals surface area contributed by atoms with E-state index in [9.17, 15) is 0 Å². The number of hydrogen-bond donors (Lipinski definition) is 1. The van der Waals surface area contributed by atoms with E-state index >= 15 is 0 Å². The number of thiophene rings is 1. The van der Waals surface area contributed by atoms with Crippen LogP contribution >= 0.6 is 11.3 Å². The minimum absolute atomic E-state index is 0.251. The Labute approximate surface area is 281 Å². The van der Waals surface area contributed by atoms with Crippen molar-refractivity contribution in [2.24, 2.45) is 4.99 Å². The highest BCUT2D eigenvalue weighted by Crippen LogP contribution is 2.45. The van der Waals surface area contributed by atoms with Gasteiger partial charge in [0, 0.05) is 48.8 Å². The number of aromatic nitrogens is 1. The van der Waals surface area contributed by atoms with Crippen LogP contribution in [-0.2, 0) is 0 Å². The van der Waals surface area contributed by atoms with Crippen molar-refractivity contribution in [2.75, 3.05) is 0 Å². The molecular formula is C44H29N3S. The molecule has 1 aliphatic heterocycles. The van der Waals surface area contributed by atoms with Gasteiger partial charge in [0.2, 0.25) is 0 Å². The summed E-state index contributed by atoms with van der Waals surface area (Å²) in [6.07, 6.45) is 1.95. The Balaban J connectivity index is 1.21.